The Hall–Kier alpha value is -2.10. The molecule has 1 atom stereocenters. The van der Waals surface area contributed by atoms with Gasteiger partial charge in [0.05, 0.1) is 32.6 Å². The van der Waals surface area contributed by atoms with Crippen molar-refractivity contribution in [3.05, 3.63) is 24.2 Å². The zero-order valence-electron chi connectivity index (χ0n) is 17.5. The summed E-state index contributed by atoms with van der Waals surface area (Å²) in [6.45, 7) is 10.9. The fourth-order valence-electron chi connectivity index (χ4n) is 3.54. The van der Waals surface area contributed by atoms with Crippen molar-refractivity contribution in [1.29, 1.82) is 0 Å². The van der Waals surface area contributed by atoms with E-state index in [4.69, 9.17) is 9.15 Å². The van der Waals surface area contributed by atoms with Crippen LogP contribution in [-0.4, -0.2) is 104 Å². The first-order valence-corrected chi connectivity index (χ1v) is 10.4. The number of hydrogen-bond acceptors (Lipinski definition) is 6. The van der Waals surface area contributed by atoms with Crippen LogP contribution in [0.2, 0.25) is 0 Å². The van der Waals surface area contributed by atoms with Crippen LogP contribution >= 0.6 is 0 Å². The van der Waals surface area contributed by atoms with E-state index in [1.807, 2.05) is 11.8 Å². The number of amides is 1. The van der Waals surface area contributed by atoms with Gasteiger partial charge in [0.25, 0.3) is 0 Å². The van der Waals surface area contributed by atoms with E-state index in [0.717, 1.165) is 38.7 Å². The standard InChI is InChI=1S/C20H33N5O4/c1-3-21-19(22-16-20(2,27)17-5-4-12-29-17)25-8-6-23(7-9-25)15-18(26)24-10-13-28-14-11-24/h4-5,12,27H,3,6-11,13-16H2,1-2H3,(H,21,22). The minimum Gasteiger partial charge on any atom is -0.466 e. The number of aliphatic hydroxyl groups is 1. The molecule has 0 spiro atoms. The molecule has 2 aliphatic rings. The van der Waals surface area contributed by atoms with Gasteiger partial charge >= 0.3 is 0 Å². The van der Waals surface area contributed by atoms with Crippen molar-refractivity contribution in [2.45, 2.75) is 19.4 Å². The van der Waals surface area contributed by atoms with Gasteiger partial charge in [-0.2, -0.15) is 0 Å². The second kappa shape index (κ2) is 10.1. The number of furan rings is 1. The summed E-state index contributed by atoms with van der Waals surface area (Å²) < 4.78 is 10.6. The van der Waals surface area contributed by atoms with E-state index in [1.165, 1.54) is 0 Å². The van der Waals surface area contributed by atoms with E-state index in [-0.39, 0.29) is 12.5 Å². The molecule has 2 aliphatic heterocycles. The van der Waals surface area contributed by atoms with Crippen molar-refractivity contribution in [2.24, 2.45) is 4.99 Å². The third kappa shape index (κ3) is 5.94. The van der Waals surface area contributed by atoms with Gasteiger partial charge in [0.2, 0.25) is 5.91 Å². The second-order valence-corrected chi connectivity index (χ2v) is 7.68. The lowest BCUT2D eigenvalue weighted by Gasteiger charge is -2.37. The Morgan fingerprint density at radius 2 is 1.93 bits per heavy atom. The number of carbonyl (C=O) groups excluding carboxylic acids is 1. The van der Waals surface area contributed by atoms with E-state index < -0.39 is 5.60 Å². The van der Waals surface area contributed by atoms with E-state index in [2.05, 4.69) is 20.1 Å². The molecule has 2 N–H and O–H groups in total. The number of hydrogen-bond donors (Lipinski definition) is 2. The zero-order chi connectivity index (χ0) is 20.7. The van der Waals surface area contributed by atoms with Crippen molar-refractivity contribution in [2.75, 3.05) is 72.1 Å². The number of piperazine rings is 1. The lowest BCUT2D eigenvalue weighted by atomic mass is 10.0. The van der Waals surface area contributed by atoms with Gasteiger partial charge in [-0.25, -0.2) is 4.99 Å². The predicted molar refractivity (Wildman–Crippen MR) is 110 cm³/mol. The molecular weight excluding hydrogens is 374 g/mol. The second-order valence-electron chi connectivity index (χ2n) is 7.68. The smallest absolute Gasteiger partial charge is 0.236 e. The van der Waals surface area contributed by atoms with E-state index in [0.29, 0.717) is 38.6 Å². The molecule has 3 rings (SSSR count). The highest BCUT2D eigenvalue weighted by Crippen LogP contribution is 2.21. The molecule has 0 aromatic carbocycles. The number of nitrogens with one attached hydrogen (secondary N) is 1. The van der Waals surface area contributed by atoms with Crippen molar-refractivity contribution < 1.29 is 19.1 Å². The van der Waals surface area contributed by atoms with Crippen LogP contribution in [0.1, 0.15) is 19.6 Å². The molecule has 9 nitrogen and oxygen atoms in total. The number of carbonyl (C=O) groups is 1. The minimum absolute atomic E-state index is 0.178. The van der Waals surface area contributed by atoms with E-state index in [1.54, 1.807) is 25.3 Å². The molecule has 0 bridgehead atoms. The van der Waals surface area contributed by atoms with Crippen LogP contribution in [0.3, 0.4) is 0 Å². The molecule has 9 heteroatoms. The lowest BCUT2D eigenvalue weighted by molar-refractivity contribution is -0.136. The Morgan fingerprint density at radius 3 is 2.55 bits per heavy atom. The molecule has 0 aliphatic carbocycles. The highest BCUT2D eigenvalue weighted by Gasteiger charge is 2.28. The number of guanidine groups is 1. The van der Waals surface area contributed by atoms with Crippen molar-refractivity contribution in [1.82, 2.24) is 20.0 Å². The normalized spacial score (nSPS) is 21.1. The summed E-state index contributed by atoms with van der Waals surface area (Å²) in [4.78, 5) is 23.3. The number of ether oxygens (including phenoxy) is 1. The third-order valence-electron chi connectivity index (χ3n) is 5.32. The molecule has 1 unspecified atom stereocenters. The van der Waals surface area contributed by atoms with Crippen molar-refractivity contribution in [3.63, 3.8) is 0 Å². The molecule has 0 radical (unpaired) electrons. The SMILES string of the molecule is CCNC(=NCC(C)(O)c1ccco1)N1CCN(CC(=O)N2CCOCC2)CC1. The van der Waals surface area contributed by atoms with Gasteiger partial charge in [-0.05, 0) is 26.0 Å². The molecule has 0 saturated carbocycles. The van der Waals surface area contributed by atoms with E-state index in [9.17, 15) is 9.90 Å². The minimum atomic E-state index is -1.16. The Kier molecular flexibility index (Phi) is 7.51. The fraction of sp³-hybridized carbons (Fsp3) is 0.700. The van der Waals surface area contributed by atoms with Gasteiger partial charge < -0.3 is 29.4 Å². The van der Waals surface area contributed by atoms with Gasteiger partial charge in [0.15, 0.2) is 5.96 Å². The Morgan fingerprint density at radius 1 is 1.21 bits per heavy atom. The van der Waals surface area contributed by atoms with Crippen LogP contribution in [0.15, 0.2) is 27.8 Å². The summed E-state index contributed by atoms with van der Waals surface area (Å²) >= 11 is 0. The summed E-state index contributed by atoms with van der Waals surface area (Å²) in [5, 5.41) is 14.0. The first-order chi connectivity index (χ1) is 14.0. The van der Waals surface area contributed by atoms with Crippen LogP contribution in [-0.2, 0) is 15.1 Å². The number of aliphatic imine (C=N–C) groups is 1. The average molecular weight is 408 g/mol. The fourth-order valence-corrected chi connectivity index (χ4v) is 3.54. The summed E-state index contributed by atoms with van der Waals surface area (Å²) in [5.41, 5.74) is -1.16. The molecule has 3 heterocycles. The topological polar surface area (TPSA) is 93.8 Å². The number of rotatable bonds is 6. The predicted octanol–water partition coefficient (Wildman–Crippen LogP) is -0.0710. The molecule has 29 heavy (non-hydrogen) atoms. The van der Waals surface area contributed by atoms with Crippen LogP contribution in [0.5, 0.6) is 0 Å². The summed E-state index contributed by atoms with van der Waals surface area (Å²) in [5.74, 6) is 1.46. The summed E-state index contributed by atoms with van der Waals surface area (Å²) in [6.07, 6.45) is 1.55. The quantitative estimate of drug-likeness (QED) is 0.504. The van der Waals surface area contributed by atoms with Gasteiger partial charge in [-0.1, -0.05) is 0 Å². The van der Waals surface area contributed by atoms with E-state index >= 15 is 0 Å². The number of nitrogens with zero attached hydrogens (tertiary/aromatic N) is 4. The maximum absolute atomic E-state index is 12.5. The zero-order valence-corrected chi connectivity index (χ0v) is 17.5. The molecule has 162 valence electrons. The molecule has 1 amide bonds. The van der Waals surface area contributed by atoms with Gasteiger partial charge in [-0.3, -0.25) is 9.69 Å². The average Bonchev–Trinajstić information content (AvgIpc) is 3.28. The third-order valence-corrected chi connectivity index (χ3v) is 5.32. The Labute approximate surface area is 172 Å². The van der Waals surface area contributed by atoms with Crippen LogP contribution in [0.4, 0.5) is 0 Å². The summed E-state index contributed by atoms with van der Waals surface area (Å²) in [7, 11) is 0. The molecular formula is C20H33N5O4. The van der Waals surface area contributed by atoms with Gasteiger partial charge in [0, 0.05) is 45.8 Å². The largest absolute Gasteiger partial charge is 0.466 e. The highest BCUT2D eigenvalue weighted by atomic mass is 16.5. The first kappa shape index (κ1) is 21.6. The Bertz CT molecular complexity index is 662. The lowest BCUT2D eigenvalue weighted by Crippen LogP contribution is -2.55. The maximum Gasteiger partial charge on any atom is 0.236 e. The van der Waals surface area contributed by atoms with Crippen molar-refractivity contribution in [3.8, 4) is 0 Å². The van der Waals surface area contributed by atoms with Crippen molar-refractivity contribution >= 4 is 11.9 Å². The monoisotopic (exact) mass is 407 g/mol. The maximum atomic E-state index is 12.5. The van der Waals surface area contributed by atoms with Gasteiger partial charge in [-0.15, -0.1) is 0 Å². The summed E-state index contributed by atoms with van der Waals surface area (Å²) in [6, 6.07) is 3.52. The molecule has 2 fully saturated rings. The van der Waals surface area contributed by atoms with Crippen LogP contribution < -0.4 is 5.32 Å². The molecule has 2 saturated heterocycles. The van der Waals surface area contributed by atoms with Crippen LogP contribution in [0.25, 0.3) is 0 Å². The van der Waals surface area contributed by atoms with Crippen LogP contribution in [0, 0.1) is 0 Å². The molecule has 1 aromatic rings. The number of morpholine rings is 1. The Balaban J connectivity index is 1.52. The van der Waals surface area contributed by atoms with Gasteiger partial charge in [0.1, 0.15) is 11.4 Å². The molecule has 1 aromatic heterocycles. The highest BCUT2D eigenvalue weighted by molar-refractivity contribution is 5.80. The first-order valence-electron chi connectivity index (χ1n) is 10.4.